The SMILES string of the molecule is CC(C)CCC(=O)NCCOc1ccc(Cl)cc1. The summed E-state index contributed by atoms with van der Waals surface area (Å²) in [5, 5.41) is 3.51. The van der Waals surface area contributed by atoms with Gasteiger partial charge in [0, 0.05) is 11.4 Å². The van der Waals surface area contributed by atoms with Gasteiger partial charge in [0.2, 0.25) is 5.91 Å². The second-order valence-corrected chi connectivity index (χ2v) is 5.02. The number of halogens is 1. The number of carbonyl (C=O) groups excluding carboxylic acids is 1. The van der Waals surface area contributed by atoms with Crippen LogP contribution in [0.3, 0.4) is 0 Å². The molecule has 3 nitrogen and oxygen atoms in total. The van der Waals surface area contributed by atoms with E-state index in [2.05, 4.69) is 19.2 Å². The first-order chi connectivity index (χ1) is 8.58. The summed E-state index contributed by atoms with van der Waals surface area (Å²) in [5.41, 5.74) is 0. The molecule has 1 N–H and O–H groups in total. The van der Waals surface area contributed by atoms with Crippen LogP contribution in [0.15, 0.2) is 24.3 Å². The molecule has 18 heavy (non-hydrogen) atoms. The van der Waals surface area contributed by atoms with Gasteiger partial charge in [-0.25, -0.2) is 0 Å². The van der Waals surface area contributed by atoms with Crippen molar-refractivity contribution in [2.24, 2.45) is 5.92 Å². The van der Waals surface area contributed by atoms with Crippen molar-refractivity contribution >= 4 is 17.5 Å². The molecule has 100 valence electrons. The molecule has 0 aliphatic heterocycles. The summed E-state index contributed by atoms with van der Waals surface area (Å²) in [6, 6.07) is 7.17. The topological polar surface area (TPSA) is 38.3 Å². The number of rotatable bonds is 7. The zero-order valence-corrected chi connectivity index (χ0v) is 11.7. The Hall–Kier alpha value is -1.22. The van der Waals surface area contributed by atoms with Crippen molar-refractivity contribution < 1.29 is 9.53 Å². The molecule has 0 aliphatic carbocycles. The van der Waals surface area contributed by atoms with E-state index in [0.29, 0.717) is 30.5 Å². The molecule has 0 radical (unpaired) electrons. The Morgan fingerprint density at radius 2 is 2.00 bits per heavy atom. The first kappa shape index (κ1) is 14.8. The predicted octanol–water partition coefficient (Wildman–Crippen LogP) is 3.27. The Balaban J connectivity index is 2.11. The number of hydrogen-bond acceptors (Lipinski definition) is 2. The second-order valence-electron chi connectivity index (χ2n) is 4.58. The fourth-order valence-corrected chi connectivity index (χ4v) is 1.52. The lowest BCUT2D eigenvalue weighted by Crippen LogP contribution is -2.28. The van der Waals surface area contributed by atoms with Gasteiger partial charge in [0.05, 0.1) is 6.54 Å². The van der Waals surface area contributed by atoms with E-state index in [1.54, 1.807) is 12.1 Å². The molecular formula is C14H20ClNO2. The number of benzene rings is 1. The van der Waals surface area contributed by atoms with Crippen molar-refractivity contribution in [3.8, 4) is 5.75 Å². The molecule has 0 atom stereocenters. The number of hydrogen-bond donors (Lipinski definition) is 1. The molecule has 0 saturated carbocycles. The van der Waals surface area contributed by atoms with Crippen LogP contribution in [0.2, 0.25) is 5.02 Å². The minimum absolute atomic E-state index is 0.0865. The molecule has 0 unspecified atom stereocenters. The highest BCUT2D eigenvalue weighted by atomic mass is 35.5. The highest BCUT2D eigenvalue weighted by Gasteiger charge is 2.02. The van der Waals surface area contributed by atoms with E-state index in [-0.39, 0.29) is 5.91 Å². The van der Waals surface area contributed by atoms with Crippen molar-refractivity contribution in [3.05, 3.63) is 29.3 Å². The van der Waals surface area contributed by atoms with Crippen LogP contribution in [-0.4, -0.2) is 19.1 Å². The minimum atomic E-state index is 0.0865. The van der Waals surface area contributed by atoms with Crippen molar-refractivity contribution in [2.45, 2.75) is 26.7 Å². The maximum atomic E-state index is 11.4. The highest BCUT2D eigenvalue weighted by molar-refractivity contribution is 6.30. The molecule has 1 aromatic carbocycles. The summed E-state index contributed by atoms with van der Waals surface area (Å²) in [6.07, 6.45) is 1.50. The smallest absolute Gasteiger partial charge is 0.220 e. The number of carbonyl (C=O) groups is 1. The van der Waals surface area contributed by atoms with E-state index in [4.69, 9.17) is 16.3 Å². The minimum Gasteiger partial charge on any atom is -0.492 e. The zero-order chi connectivity index (χ0) is 13.4. The summed E-state index contributed by atoms with van der Waals surface area (Å²) in [4.78, 5) is 11.4. The Kier molecular flexibility index (Phi) is 6.58. The summed E-state index contributed by atoms with van der Waals surface area (Å²) in [6.45, 7) is 5.21. The van der Waals surface area contributed by atoms with Crippen molar-refractivity contribution in [1.82, 2.24) is 5.32 Å². The first-order valence-corrected chi connectivity index (χ1v) is 6.61. The molecule has 1 rings (SSSR count). The fraction of sp³-hybridized carbons (Fsp3) is 0.500. The molecule has 0 aliphatic rings. The highest BCUT2D eigenvalue weighted by Crippen LogP contribution is 2.15. The molecule has 0 fully saturated rings. The number of ether oxygens (including phenoxy) is 1. The van der Waals surface area contributed by atoms with Gasteiger partial charge in [0.25, 0.3) is 0 Å². The van der Waals surface area contributed by atoms with Gasteiger partial charge in [-0.05, 0) is 36.6 Å². The van der Waals surface area contributed by atoms with Crippen molar-refractivity contribution in [1.29, 1.82) is 0 Å². The molecule has 4 heteroatoms. The van der Waals surface area contributed by atoms with Crippen LogP contribution < -0.4 is 10.1 Å². The normalized spacial score (nSPS) is 10.4. The molecule has 0 spiro atoms. The maximum Gasteiger partial charge on any atom is 0.220 e. The van der Waals surface area contributed by atoms with Crippen molar-refractivity contribution in [2.75, 3.05) is 13.2 Å². The van der Waals surface area contributed by atoms with E-state index < -0.39 is 0 Å². The fourth-order valence-electron chi connectivity index (χ4n) is 1.40. The first-order valence-electron chi connectivity index (χ1n) is 6.23. The van der Waals surface area contributed by atoms with Crippen LogP contribution in [0.1, 0.15) is 26.7 Å². The quantitative estimate of drug-likeness (QED) is 0.772. The van der Waals surface area contributed by atoms with Crippen LogP contribution in [-0.2, 0) is 4.79 Å². The number of nitrogens with one attached hydrogen (secondary N) is 1. The van der Waals surface area contributed by atoms with Gasteiger partial charge in [-0.3, -0.25) is 4.79 Å². The molecule has 0 saturated heterocycles. The van der Waals surface area contributed by atoms with E-state index in [9.17, 15) is 4.79 Å². The Morgan fingerprint density at radius 1 is 1.33 bits per heavy atom. The Bertz CT molecular complexity index is 363. The largest absolute Gasteiger partial charge is 0.492 e. The van der Waals surface area contributed by atoms with Gasteiger partial charge in [0.1, 0.15) is 12.4 Å². The standard InChI is InChI=1S/C14H20ClNO2/c1-11(2)3-8-14(17)16-9-10-18-13-6-4-12(15)5-7-13/h4-7,11H,3,8-10H2,1-2H3,(H,16,17). The molecule has 0 bridgehead atoms. The van der Waals surface area contributed by atoms with E-state index >= 15 is 0 Å². The predicted molar refractivity (Wildman–Crippen MR) is 74.0 cm³/mol. The molecular weight excluding hydrogens is 250 g/mol. The summed E-state index contributed by atoms with van der Waals surface area (Å²) < 4.78 is 5.46. The number of amides is 1. The molecule has 0 aromatic heterocycles. The Labute approximate surface area is 113 Å². The van der Waals surface area contributed by atoms with Crippen LogP contribution in [0, 0.1) is 5.92 Å². The average Bonchev–Trinajstić information content (AvgIpc) is 2.34. The zero-order valence-electron chi connectivity index (χ0n) is 10.9. The summed E-state index contributed by atoms with van der Waals surface area (Å²) >= 11 is 5.76. The van der Waals surface area contributed by atoms with Crippen LogP contribution >= 0.6 is 11.6 Å². The van der Waals surface area contributed by atoms with E-state index in [0.717, 1.165) is 12.2 Å². The van der Waals surface area contributed by atoms with Crippen molar-refractivity contribution in [3.63, 3.8) is 0 Å². The lowest BCUT2D eigenvalue weighted by Gasteiger charge is -2.08. The summed E-state index contributed by atoms with van der Waals surface area (Å²) in [5.74, 6) is 1.40. The lowest BCUT2D eigenvalue weighted by atomic mass is 10.1. The molecule has 1 aromatic rings. The molecule has 0 heterocycles. The van der Waals surface area contributed by atoms with Crippen LogP contribution in [0.4, 0.5) is 0 Å². The maximum absolute atomic E-state index is 11.4. The lowest BCUT2D eigenvalue weighted by molar-refractivity contribution is -0.121. The second kappa shape index (κ2) is 7.98. The van der Waals surface area contributed by atoms with Crippen LogP contribution in [0.25, 0.3) is 0 Å². The van der Waals surface area contributed by atoms with Gasteiger partial charge in [-0.15, -0.1) is 0 Å². The third-order valence-corrected chi connectivity index (χ3v) is 2.71. The monoisotopic (exact) mass is 269 g/mol. The third kappa shape index (κ3) is 6.50. The Morgan fingerprint density at radius 3 is 2.61 bits per heavy atom. The van der Waals surface area contributed by atoms with Gasteiger partial charge >= 0.3 is 0 Å². The van der Waals surface area contributed by atoms with Gasteiger partial charge in [-0.1, -0.05) is 25.4 Å². The van der Waals surface area contributed by atoms with Crippen LogP contribution in [0.5, 0.6) is 5.75 Å². The molecule has 1 amide bonds. The van der Waals surface area contributed by atoms with Gasteiger partial charge < -0.3 is 10.1 Å². The van der Waals surface area contributed by atoms with E-state index in [1.165, 1.54) is 0 Å². The third-order valence-electron chi connectivity index (χ3n) is 2.46. The van der Waals surface area contributed by atoms with Gasteiger partial charge in [-0.2, -0.15) is 0 Å². The average molecular weight is 270 g/mol. The van der Waals surface area contributed by atoms with E-state index in [1.807, 2.05) is 12.1 Å². The van der Waals surface area contributed by atoms with Gasteiger partial charge in [0.15, 0.2) is 0 Å². The summed E-state index contributed by atoms with van der Waals surface area (Å²) in [7, 11) is 0.